The maximum atomic E-state index is 11.8. The maximum Gasteiger partial charge on any atom is 4.00 e. The van der Waals surface area contributed by atoms with E-state index < -0.39 is 19.1 Å². The smallest absolute Gasteiger partial charge is 4.00 e. The second kappa shape index (κ2) is 16.6. The zero-order valence-electron chi connectivity index (χ0n) is 27.3. The van der Waals surface area contributed by atoms with E-state index in [0.717, 1.165) is 12.1 Å². The predicted octanol–water partition coefficient (Wildman–Crippen LogP) is 10.3. The summed E-state index contributed by atoms with van der Waals surface area (Å²) in [6, 6.07) is 5.07. The summed E-state index contributed by atoms with van der Waals surface area (Å²) in [5.41, 5.74) is 0.656. The van der Waals surface area contributed by atoms with E-state index in [2.05, 4.69) is 141 Å². The molecule has 0 aliphatic heterocycles. The van der Waals surface area contributed by atoms with Crippen molar-refractivity contribution in [2.45, 2.75) is 158 Å². The van der Waals surface area contributed by atoms with Gasteiger partial charge in [-0.25, -0.2) is 0 Å². The molecule has 0 saturated carbocycles. The van der Waals surface area contributed by atoms with E-state index in [1.165, 1.54) is 12.1 Å². The van der Waals surface area contributed by atoms with Crippen LogP contribution in [-0.4, -0.2) is 47.9 Å². The van der Waals surface area contributed by atoms with E-state index in [0.29, 0.717) is 0 Å². The normalized spacial score (nSPS) is 13.1. The molecule has 0 spiro atoms. The van der Waals surface area contributed by atoms with Gasteiger partial charge in [-0.2, -0.15) is 0 Å². The second-order valence-corrected chi connectivity index (χ2v) is 18.3. The van der Waals surface area contributed by atoms with Crippen LogP contribution in [0.1, 0.15) is 125 Å². The Kier molecular flexibility index (Phi) is 20.0. The van der Waals surface area contributed by atoms with Gasteiger partial charge < -0.3 is 16.0 Å². The Morgan fingerprint density at radius 1 is 0.432 bits per heavy atom. The van der Waals surface area contributed by atoms with Crippen LogP contribution < -0.4 is 4.40 Å². The van der Waals surface area contributed by atoms with Crippen molar-refractivity contribution in [3.8, 4) is 0 Å². The Morgan fingerprint density at radius 3 is 0.649 bits per heavy atom. The molecule has 0 aliphatic rings. The molecule has 0 unspecified atom stereocenters. The van der Waals surface area contributed by atoms with Crippen molar-refractivity contribution in [3.05, 3.63) is 40.2 Å². The molecule has 37 heavy (non-hydrogen) atoms. The number of hydrogen-bond donors (Lipinski definition) is 0. The Bertz CT molecular complexity index is 578. The first-order valence-electron chi connectivity index (χ1n) is 12.7. The van der Waals surface area contributed by atoms with Crippen LogP contribution in [0.15, 0.2) is 24.3 Å². The van der Waals surface area contributed by atoms with Gasteiger partial charge in [0.2, 0.25) is 0 Å². The average Bonchev–Trinajstić information content (AvgIpc) is 2.89. The molecule has 0 bridgehead atoms. The van der Waals surface area contributed by atoms with E-state index in [9.17, 15) is 10.5 Å². The third-order valence-corrected chi connectivity index (χ3v) is 5.08. The van der Waals surface area contributed by atoms with E-state index in [1.807, 2.05) is 0 Å². The van der Waals surface area contributed by atoms with Crippen molar-refractivity contribution in [2.75, 3.05) is 0 Å². The van der Waals surface area contributed by atoms with Gasteiger partial charge >= 0.3 is 79.7 Å². The van der Waals surface area contributed by atoms with Crippen molar-refractivity contribution < 1.29 is 36.3 Å². The third kappa shape index (κ3) is 43.7. The molecule has 0 N–H and O–H groups in total. The van der Waals surface area contributed by atoms with Crippen molar-refractivity contribution >= 4 is 19.1 Å². The fourth-order valence-electron chi connectivity index (χ4n) is 3.58. The molecule has 1 rings (SSSR count). The molecular formula is C29H58F3GeHfN3. The van der Waals surface area contributed by atoms with Crippen molar-refractivity contribution in [1.29, 1.82) is 0 Å². The van der Waals surface area contributed by atoms with Crippen molar-refractivity contribution in [2.24, 2.45) is 0 Å². The molecule has 3 nitrogen and oxygen atoms in total. The van der Waals surface area contributed by atoms with E-state index in [1.54, 1.807) is 0 Å². The van der Waals surface area contributed by atoms with Crippen molar-refractivity contribution in [1.82, 2.24) is 0 Å². The molecule has 0 heterocycles. The molecule has 0 radical (unpaired) electrons. The minimum atomic E-state index is -5.94. The summed E-state index contributed by atoms with van der Waals surface area (Å²) in [7, 11) is 0. The van der Waals surface area contributed by atoms with Crippen LogP contribution in [-0.2, 0) is 25.8 Å². The summed E-state index contributed by atoms with van der Waals surface area (Å²) in [4.78, 5) is 0. The van der Waals surface area contributed by atoms with Gasteiger partial charge in [-0.05, 0) is 0 Å². The van der Waals surface area contributed by atoms with Crippen LogP contribution in [0.2, 0.25) is 0 Å². The molecule has 0 saturated heterocycles. The Balaban J connectivity index is -0.000000194. The first kappa shape index (κ1) is 44.5. The minimum Gasteiger partial charge on any atom is 4.00 e. The van der Waals surface area contributed by atoms with Crippen LogP contribution in [0.25, 0.3) is 16.0 Å². The topological polar surface area (TPSA) is 42.3 Å². The summed E-state index contributed by atoms with van der Waals surface area (Å²) in [5.74, 6) is 0. The standard InChI is InChI=1S/3C8H18N.C5H4F3Ge.Hf/c3*1-7(2,3)9-8(4,5)6;6-9(7,8)5-3-1-2-4-5;/h3*1-6H3;1-4H;/q4*-1;+4. The van der Waals surface area contributed by atoms with Gasteiger partial charge in [0.25, 0.3) is 0 Å². The number of halogens is 3. The number of rotatable bonds is 1. The Labute approximate surface area is 252 Å². The zero-order chi connectivity index (χ0) is 30.0. The Hall–Kier alpha value is 0.433. The SMILES string of the molecule is CC(C)(C)[N-]C(C)(C)C.CC(C)(C)[N-]C(C)(C)C.CC(C)(C)[N-]C(C)(C)C.[F][Ge]([F])([F])[c-]1cccc1.[Hf+4]. The molecule has 0 aliphatic carbocycles. The maximum absolute atomic E-state index is 11.8. The molecule has 8 heteroatoms. The summed E-state index contributed by atoms with van der Waals surface area (Å²) in [5, 5.41) is 13.6. The molecule has 0 amide bonds. The average molecular weight is 757 g/mol. The summed E-state index contributed by atoms with van der Waals surface area (Å²) in [6.07, 6.45) is 0. The molecule has 1 aromatic rings. The third-order valence-electron chi connectivity index (χ3n) is 3.00. The van der Waals surface area contributed by atoms with Crippen LogP contribution in [0.5, 0.6) is 0 Å². The zero-order valence-corrected chi connectivity index (χ0v) is 33.0. The fraction of sp³-hybridized carbons (Fsp3) is 0.828. The molecule has 1 aromatic carbocycles. The summed E-state index contributed by atoms with van der Waals surface area (Å²) >= 11 is -5.94. The van der Waals surface area contributed by atoms with E-state index in [4.69, 9.17) is 0 Å². The molecule has 218 valence electrons. The van der Waals surface area contributed by atoms with Crippen LogP contribution >= 0.6 is 0 Å². The van der Waals surface area contributed by atoms with Gasteiger partial charge in [-0.15, -0.1) is 33.2 Å². The minimum absolute atomic E-state index is 0. The van der Waals surface area contributed by atoms with Crippen LogP contribution in [0.3, 0.4) is 0 Å². The van der Waals surface area contributed by atoms with Crippen LogP contribution in [0.4, 0.5) is 10.5 Å². The molecular weight excluding hydrogens is 698 g/mol. The fourth-order valence-corrected chi connectivity index (χ4v) is 4.78. The van der Waals surface area contributed by atoms with Gasteiger partial charge in [0.1, 0.15) is 0 Å². The Morgan fingerprint density at radius 2 is 0.595 bits per heavy atom. The van der Waals surface area contributed by atoms with Gasteiger partial charge in [0.15, 0.2) is 0 Å². The quantitative estimate of drug-likeness (QED) is 0.202. The number of nitrogens with zero attached hydrogens (tertiary/aromatic N) is 3. The first-order valence-corrected chi connectivity index (χ1v) is 16.2. The van der Waals surface area contributed by atoms with Gasteiger partial charge in [0.05, 0.1) is 0 Å². The van der Waals surface area contributed by atoms with Gasteiger partial charge in [-0.3, -0.25) is 0 Å². The van der Waals surface area contributed by atoms with Crippen molar-refractivity contribution in [3.63, 3.8) is 0 Å². The molecule has 0 fully saturated rings. The largest absolute Gasteiger partial charge is 4.00 e. The second-order valence-electron chi connectivity index (χ2n) is 15.0. The van der Waals surface area contributed by atoms with Gasteiger partial charge in [-0.1, -0.05) is 125 Å². The van der Waals surface area contributed by atoms with Crippen LogP contribution in [0, 0.1) is 0 Å². The number of hydrogen-bond acceptors (Lipinski definition) is 0. The van der Waals surface area contributed by atoms with E-state index >= 15 is 0 Å². The molecule has 0 aromatic heterocycles. The summed E-state index contributed by atoms with van der Waals surface area (Å²) in [6.45, 7) is 38.2. The first-order chi connectivity index (χ1) is 15.2. The predicted molar refractivity (Wildman–Crippen MR) is 159 cm³/mol. The monoisotopic (exact) mass is 759 g/mol. The molecule has 0 atom stereocenters. The van der Waals surface area contributed by atoms with E-state index in [-0.39, 0.29) is 59.1 Å². The van der Waals surface area contributed by atoms with Gasteiger partial charge in [0, 0.05) is 0 Å². The summed E-state index contributed by atoms with van der Waals surface area (Å²) < 4.78 is 35.0.